The molecule has 116 valence electrons. The zero-order valence-corrected chi connectivity index (χ0v) is 13.9. The molecule has 1 aliphatic rings. The van der Waals surface area contributed by atoms with Gasteiger partial charge in [-0.05, 0) is 12.1 Å². The van der Waals surface area contributed by atoms with Crippen molar-refractivity contribution < 1.29 is 9.80 Å². The molecular formula is C19H25ClN2+2. The van der Waals surface area contributed by atoms with Gasteiger partial charge < -0.3 is 9.80 Å². The van der Waals surface area contributed by atoms with Gasteiger partial charge in [-0.15, -0.1) is 0 Å². The maximum absolute atomic E-state index is 6.08. The smallest absolute Gasteiger partial charge is 0.139 e. The van der Waals surface area contributed by atoms with Gasteiger partial charge in [-0.3, -0.25) is 0 Å². The molecule has 0 amide bonds. The van der Waals surface area contributed by atoms with Crippen LogP contribution < -0.4 is 9.80 Å². The quantitative estimate of drug-likeness (QED) is 0.843. The molecule has 22 heavy (non-hydrogen) atoms. The summed E-state index contributed by atoms with van der Waals surface area (Å²) in [5, 5.41) is 0.811. The third-order valence-corrected chi connectivity index (χ3v) is 4.97. The van der Waals surface area contributed by atoms with Crippen LogP contribution in [-0.2, 0) is 0 Å². The van der Waals surface area contributed by atoms with Gasteiger partial charge in [0.15, 0.2) is 0 Å². The zero-order valence-electron chi connectivity index (χ0n) is 13.2. The highest BCUT2D eigenvalue weighted by Gasteiger charge is 2.28. The molecule has 0 spiro atoms. The lowest BCUT2D eigenvalue weighted by atomic mass is 9.97. The molecule has 1 aliphatic heterocycles. The lowest BCUT2D eigenvalue weighted by molar-refractivity contribution is -0.947. The molecular weight excluding hydrogens is 292 g/mol. The normalized spacial score (nSPS) is 23.7. The molecule has 1 heterocycles. The van der Waals surface area contributed by atoms with Crippen LogP contribution in [0.1, 0.15) is 23.6 Å². The van der Waals surface area contributed by atoms with Crippen LogP contribution in [0.15, 0.2) is 54.6 Å². The molecule has 0 radical (unpaired) electrons. The summed E-state index contributed by atoms with van der Waals surface area (Å²) >= 11 is 6.08. The van der Waals surface area contributed by atoms with Crippen molar-refractivity contribution in [3.63, 3.8) is 0 Å². The van der Waals surface area contributed by atoms with Gasteiger partial charge in [0, 0.05) is 22.6 Å². The molecule has 1 saturated heterocycles. The second-order valence-electron chi connectivity index (χ2n) is 6.36. The third-order valence-electron chi connectivity index (χ3n) is 4.72. The van der Waals surface area contributed by atoms with Gasteiger partial charge in [-0.25, -0.2) is 0 Å². The number of hydrogen-bond acceptors (Lipinski definition) is 0. The molecule has 2 aromatic carbocycles. The second-order valence-corrected chi connectivity index (χ2v) is 6.80. The highest BCUT2D eigenvalue weighted by atomic mass is 35.5. The fourth-order valence-corrected chi connectivity index (χ4v) is 3.62. The fraction of sp³-hybridized carbons (Fsp3) is 0.368. The van der Waals surface area contributed by atoms with Crippen molar-refractivity contribution in [1.29, 1.82) is 0 Å². The van der Waals surface area contributed by atoms with Gasteiger partial charge >= 0.3 is 0 Å². The monoisotopic (exact) mass is 316 g/mol. The predicted molar refractivity (Wildman–Crippen MR) is 91.7 cm³/mol. The van der Waals surface area contributed by atoms with E-state index in [-0.39, 0.29) is 0 Å². The highest BCUT2D eigenvalue weighted by molar-refractivity contribution is 6.30. The number of benzene rings is 2. The Morgan fingerprint density at radius 2 is 1.50 bits per heavy atom. The summed E-state index contributed by atoms with van der Waals surface area (Å²) in [4.78, 5) is 3.32. The van der Waals surface area contributed by atoms with E-state index in [4.69, 9.17) is 11.6 Å². The summed E-state index contributed by atoms with van der Waals surface area (Å²) < 4.78 is 0. The van der Waals surface area contributed by atoms with Gasteiger partial charge in [0.25, 0.3) is 0 Å². The van der Waals surface area contributed by atoms with Gasteiger partial charge in [0.1, 0.15) is 19.1 Å². The first-order valence-electron chi connectivity index (χ1n) is 8.20. The largest absolute Gasteiger partial charge is 0.333 e. The molecule has 0 saturated carbocycles. The first-order chi connectivity index (χ1) is 10.7. The van der Waals surface area contributed by atoms with E-state index in [0.717, 1.165) is 5.02 Å². The summed E-state index contributed by atoms with van der Waals surface area (Å²) in [6.07, 6.45) is 1.29. The summed E-state index contributed by atoms with van der Waals surface area (Å²) in [5.74, 6) is 0. The van der Waals surface area contributed by atoms with Crippen LogP contribution in [0.2, 0.25) is 5.02 Å². The SMILES string of the molecule is C[NH+]1CCC[NH+]([C@@H](c2ccccc2)c2ccc(Cl)cc2)CC1. The molecule has 3 atom stereocenters. The molecule has 2 nitrogen and oxygen atoms in total. The van der Waals surface area contributed by atoms with Gasteiger partial charge in [0.05, 0.1) is 20.1 Å². The van der Waals surface area contributed by atoms with Crippen LogP contribution in [0.4, 0.5) is 0 Å². The molecule has 0 aliphatic carbocycles. The van der Waals surface area contributed by atoms with Crippen molar-refractivity contribution in [2.75, 3.05) is 33.2 Å². The Bertz CT molecular complexity index is 582. The highest BCUT2D eigenvalue weighted by Crippen LogP contribution is 2.21. The van der Waals surface area contributed by atoms with Crippen LogP contribution in [-0.4, -0.2) is 33.2 Å². The van der Waals surface area contributed by atoms with Gasteiger partial charge in [-0.2, -0.15) is 0 Å². The second kappa shape index (κ2) is 7.28. The summed E-state index contributed by atoms with van der Waals surface area (Å²) in [6.45, 7) is 4.98. The van der Waals surface area contributed by atoms with Crippen LogP contribution in [0.25, 0.3) is 0 Å². The van der Waals surface area contributed by atoms with E-state index in [0.29, 0.717) is 6.04 Å². The molecule has 2 N–H and O–H groups in total. The Hall–Kier alpha value is -1.35. The molecule has 2 aromatic rings. The third kappa shape index (κ3) is 3.70. The Balaban J connectivity index is 1.94. The zero-order chi connectivity index (χ0) is 15.4. The van der Waals surface area contributed by atoms with Gasteiger partial charge in [0.2, 0.25) is 0 Å². The molecule has 2 unspecified atom stereocenters. The number of likely N-dealkylation sites (N-methyl/N-ethyl adjacent to an activating group) is 1. The predicted octanol–water partition coefficient (Wildman–Crippen LogP) is 1.23. The van der Waals surface area contributed by atoms with Gasteiger partial charge in [-0.1, -0.05) is 54.1 Å². The van der Waals surface area contributed by atoms with Crippen LogP contribution >= 0.6 is 11.6 Å². The molecule has 1 fully saturated rings. The van der Waals surface area contributed by atoms with E-state index in [1.54, 1.807) is 9.80 Å². The maximum Gasteiger partial charge on any atom is 0.139 e. The van der Waals surface area contributed by atoms with Crippen molar-refractivity contribution in [2.24, 2.45) is 0 Å². The van der Waals surface area contributed by atoms with Crippen LogP contribution in [0.5, 0.6) is 0 Å². The first kappa shape index (κ1) is 15.5. The Kier molecular flexibility index (Phi) is 5.14. The van der Waals surface area contributed by atoms with Crippen molar-refractivity contribution >= 4 is 11.6 Å². The average Bonchev–Trinajstić information content (AvgIpc) is 2.76. The standard InChI is InChI=1S/C19H23ClN2/c1-21-12-5-13-22(15-14-21)19(16-6-3-2-4-7-16)17-8-10-18(20)11-9-17/h2-4,6-11,19H,5,12-15H2,1H3/p+2/t19-/m0/s1. The van der Waals surface area contributed by atoms with Crippen molar-refractivity contribution in [3.05, 3.63) is 70.7 Å². The lowest BCUT2D eigenvalue weighted by Gasteiger charge is -2.27. The fourth-order valence-electron chi connectivity index (χ4n) is 3.49. The number of nitrogens with one attached hydrogen (secondary N) is 2. The van der Waals surface area contributed by atoms with E-state index in [9.17, 15) is 0 Å². The number of quaternary nitrogens is 2. The summed E-state index contributed by atoms with van der Waals surface area (Å²) in [5.41, 5.74) is 2.77. The topological polar surface area (TPSA) is 8.88 Å². The molecule has 0 bridgehead atoms. The Labute approximate surface area is 138 Å². The maximum atomic E-state index is 6.08. The minimum absolute atomic E-state index is 0.407. The lowest BCUT2D eigenvalue weighted by Crippen LogP contribution is -3.16. The summed E-state index contributed by atoms with van der Waals surface area (Å²) in [6, 6.07) is 19.7. The average molecular weight is 317 g/mol. The van der Waals surface area contributed by atoms with E-state index < -0.39 is 0 Å². The van der Waals surface area contributed by atoms with Crippen LogP contribution in [0.3, 0.4) is 0 Å². The van der Waals surface area contributed by atoms with E-state index in [1.807, 2.05) is 12.1 Å². The van der Waals surface area contributed by atoms with Crippen molar-refractivity contribution in [1.82, 2.24) is 0 Å². The molecule has 0 aromatic heterocycles. The number of halogens is 1. The Morgan fingerprint density at radius 1 is 0.818 bits per heavy atom. The van der Waals surface area contributed by atoms with E-state index in [2.05, 4.69) is 49.5 Å². The minimum Gasteiger partial charge on any atom is -0.333 e. The number of rotatable bonds is 3. The van der Waals surface area contributed by atoms with E-state index in [1.165, 1.54) is 43.7 Å². The van der Waals surface area contributed by atoms with Crippen LogP contribution in [0, 0.1) is 0 Å². The number of hydrogen-bond donors (Lipinski definition) is 2. The van der Waals surface area contributed by atoms with Crippen molar-refractivity contribution in [2.45, 2.75) is 12.5 Å². The first-order valence-corrected chi connectivity index (χ1v) is 8.58. The molecule has 3 rings (SSSR count). The van der Waals surface area contributed by atoms with Crippen molar-refractivity contribution in [3.8, 4) is 0 Å². The molecule has 3 heteroatoms. The van der Waals surface area contributed by atoms with E-state index >= 15 is 0 Å². The Morgan fingerprint density at radius 3 is 2.23 bits per heavy atom. The minimum atomic E-state index is 0.407. The summed E-state index contributed by atoms with van der Waals surface area (Å²) in [7, 11) is 2.31.